The maximum absolute atomic E-state index is 12.7. The maximum atomic E-state index is 12.7. The van der Waals surface area contributed by atoms with Crippen LogP contribution in [-0.2, 0) is 10.0 Å². The number of rotatable bonds is 6. The van der Waals surface area contributed by atoms with Gasteiger partial charge in [-0.1, -0.05) is 29.8 Å². The summed E-state index contributed by atoms with van der Waals surface area (Å²) in [5.74, 6) is 0.606. The van der Waals surface area contributed by atoms with Crippen molar-refractivity contribution in [1.82, 2.24) is 5.32 Å². The van der Waals surface area contributed by atoms with E-state index in [0.29, 0.717) is 41.0 Å². The van der Waals surface area contributed by atoms with Crippen LogP contribution < -0.4 is 19.5 Å². The van der Waals surface area contributed by atoms with Gasteiger partial charge >= 0.3 is 0 Å². The van der Waals surface area contributed by atoms with Crippen LogP contribution in [0.4, 0.5) is 5.69 Å². The van der Waals surface area contributed by atoms with Gasteiger partial charge in [0.05, 0.1) is 10.9 Å². The zero-order chi connectivity index (χ0) is 22.7. The first-order chi connectivity index (χ1) is 15.3. The van der Waals surface area contributed by atoms with Gasteiger partial charge in [0.15, 0.2) is 11.5 Å². The zero-order valence-corrected chi connectivity index (χ0v) is 18.7. The molecule has 3 aromatic rings. The van der Waals surface area contributed by atoms with Crippen LogP contribution in [0.3, 0.4) is 0 Å². The molecule has 32 heavy (non-hydrogen) atoms. The van der Waals surface area contributed by atoms with Gasteiger partial charge in [-0.2, -0.15) is 0 Å². The Labute approximate surface area is 191 Å². The smallest absolute Gasteiger partial charge is 0.262 e. The topological polar surface area (TPSA) is 93.7 Å². The summed E-state index contributed by atoms with van der Waals surface area (Å²) in [6, 6.07) is 17.6. The Balaban J connectivity index is 1.44. The van der Waals surface area contributed by atoms with Crippen LogP contribution in [0.1, 0.15) is 28.9 Å². The van der Waals surface area contributed by atoms with Crippen LogP contribution in [0.5, 0.6) is 11.5 Å². The number of carbonyl (C=O) groups is 1. The van der Waals surface area contributed by atoms with Crippen molar-refractivity contribution in [3.63, 3.8) is 0 Å². The Hall–Kier alpha value is -3.23. The van der Waals surface area contributed by atoms with Crippen LogP contribution in [0, 0.1) is 0 Å². The summed E-state index contributed by atoms with van der Waals surface area (Å²) in [4.78, 5) is 12.6. The van der Waals surface area contributed by atoms with E-state index in [1.807, 2.05) is 25.1 Å². The summed E-state index contributed by atoms with van der Waals surface area (Å²) in [7, 11) is -3.84. The summed E-state index contributed by atoms with van der Waals surface area (Å²) in [5.41, 5.74) is 1.54. The van der Waals surface area contributed by atoms with Gasteiger partial charge < -0.3 is 14.8 Å². The molecule has 0 aliphatic carbocycles. The molecule has 166 valence electrons. The number of sulfonamides is 1. The fraction of sp³-hybridized carbons (Fsp3) is 0.174. The molecule has 9 heteroatoms. The summed E-state index contributed by atoms with van der Waals surface area (Å²) < 4.78 is 38.9. The summed E-state index contributed by atoms with van der Waals surface area (Å²) in [6.07, 6.45) is 0. The second kappa shape index (κ2) is 9.10. The average molecular weight is 473 g/mol. The first-order valence-corrected chi connectivity index (χ1v) is 11.8. The van der Waals surface area contributed by atoms with Crippen LogP contribution in [-0.4, -0.2) is 27.5 Å². The lowest BCUT2D eigenvalue weighted by molar-refractivity contribution is 0.0940. The second-order valence-electron chi connectivity index (χ2n) is 7.20. The predicted molar refractivity (Wildman–Crippen MR) is 122 cm³/mol. The maximum Gasteiger partial charge on any atom is 0.262 e. The van der Waals surface area contributed by atoms with E-state index in [1.54, 1.807) is 24.3 Å². The van der Waals surface area contributed by atoms with Crippen molar-refractivity contribution in [1.29, 1.82) is 0 Å². The highest BCUT2D eigenvalue weighted by Crippen LogP contribution is 2.32. The van der Waals surface area contributed by atoms with E-state index in [2.05, 4.69) is 10.0 Å². The van der Waals surface area contributed by atoms with Gasteiger partial charge in [-0.25, -0.2) is 8.42 Å². The molecule has 4 rings (SSSR count). The van der Waals surface area contributed by atoms with Gasteiger partial charge in [0, 0.05) is 22.3 Å². The number of nitrogens with one attached hydrogen (secondary N) is 2. The fourth-order valence-electron chi connectivity index (χ4n) is 3.28. The minimum Gasteiger partial charge on any atom is -0.486 e. The molecular weight excluding hydrogens is 452 g/mol. The van der Waals surface area contributed by atoms with Crippen LogP contribution in [0.25, 0.3) is 0 Å². The van der Waals surface area contributed by atoms with E-state index in [-0.39, 0.29) is 16.8 Å². The number of ether oxygens (including phenoxy) is 2. The molecule has 1 aliphatic heterocycles. The molecule has 1 atom stereocenters. The van der Waals surface area contributed by atoms with E-state index < -0.39 is 10.0 Å². The third kappa shape index (κ3) is 4.81. The molecular formula is C23H21ClN2O5S. The summed E-state index contributed by atoms with van der Waals surface area (Å²) in [6.45, 7) is 2.63. The first-order valence-electron chi connectivity index (χ1n) is 9.91. The standard InChI is InChI=1S/C23H21ClN2O5S/c1-15(19-4-2-3-5-20(19)24)25-23(27)16-6-8-17(9-7-16)26-32(28,29)18-10-11-21-22(14-18)31-13-12-30-21/h2-11,14-15,26H,12-13H2,1H3,(H,25,27). The van der Waals surface area contributed by atoms with Crippen molar-refractivity contribution in [3.05, 3.63) is 82.9 Å². The number of hydrogen-bond donors (Lipinski definition) is 2. The molecule has 1 amide bonds. The van der Waals surface area contributed by atoms with E-state index in [0.717, 1.165) is 5.56 Å². The molecule has 1 aliphatic rings. The number of carbonyl (C=O) groups excluding carboxylic acids is 1. The number of hydrogen-bond acceptors (Lipinski definition) is 5. The molecule has 3 aromatic carbocycles. The predicted octanol–water partition coefficient (Wildman–Crippen LogP) is 4.40. The monoisotopic (exact) mass is 472 g/mol. The molecule has 0 radical (unpaired) electrons. The Morgan fingerprint density at radius 1 is 0.969 bits per heavy atom. The number of fused-ring (bicyclic) bond motifs is 1. The highest BCUT2D eigenvalue weighted by atomic mass is 35.5. The Morgan fingerprint density at radius 2 is 1.66 bits per heavy atom. The van der Waals surface area contributed by atoms with Crippen LogP contribution >= 0.6 is 11.6 Å². The van der Waals surface area contributed by atoms with Crippen molar-refractivity contribution in [2.75, 3.05) is 17.9 Å². The number of halogens is 1. The SMILES string of the molecule is CC(NC(=O)c1ccc(NS(=O)(=O)c2ccc3c(c2)OCCO3)cc1)c1ccccc1Cl. The summed E-state index contributed by atoms with van der Waals surface area (Å²) in [5, 5.41) is 3.46. The van der Waals surface area contributed by atoms with E-state index in [9.17, 15) is 13.2 Å². The van der Waals surface area contributed by atoms with Gasteiger partial charge in [0.1, 0.15) is 13.2 Å². The van der Waals surface area contributed by atoms with Gasteiger partial charge in [-0.3, -0.25) is 9.52 Å². The fourth-order valence-corrected chi connectivity index (χ4v) is 4.65. The van der Waals surface area contributed by atoms with Crippen molar-refractivity contribution >= 4 is 33.2 Å². The quantitative estimate of drug-likeness (QED) is 0.554. The molecule has 0 aromatic heterocycles. The molecule has 7 nitrogen and oxygen atoms in total. The molecule has 0 fully saturated rings. The number of benzene rings is 3. The van der Waals surface area contributed by atoms with Gasteiger partial charge in [-0.05, 0) is 55.0 Å². The van der Waals surface area contributed by atoms with E-state index in [1.165, 1.54) is 24.3 Å². The normalized spacial score (nSPS) is 13.8. The molecule has 0 bridgehead atoms. The molecule has 0 saturated heterocycles. The lowest BCUT2D eigenvalue weighted by Gasteiger charge is -2.19. The molecule has 1 unspecified atom stereocenters. The Bertz CT molecular complexity index is 1250. The molecule has 0 spiro atoms. The van der Waals surface area contributed by atoms with Crippen molar-refractivity contribution < 1.29 is 22.7 Å². The first kappa shape index (κ1) is 22.0. The van der Waals surface area contributed by atoms with E-state index in [4.69, 9.17) is 21.1 Å². The average Bonchev–Trinajstić information content (AvgIpc) is 2.79. The highest BCUT2D eigenvalue weighted by Gasteiger charge is 2.20. The van der Waals surface area contributed by atoms with Crippen molar-refractivity contribution in [2.45, 2.75) is 17.9 Å². The van der Waals surface area contributed by atoms with E-state index >= 15 is 0 Å². The third-order valence-electron chi connectivity index (χ3n) is 4.94. The minimum absolute atomic E-state index is 0.0529. The Morgan fingerprint density at radius 3 is 2.38 bits per heavy atom. The van der Waals surface area contributed by atoms with Crippen LogP contribution in [0.2, 0.25) is 5.02 Å². The second-order valence-corrected chi connectivity index (χ2v) is 9.29. The number of amides is 1. The lowest BCUT2D eigenvalue weighted by Crippen LogP contribution is -2.26. The van der Waals surface area contributed by atoms with Gasteiger partial charge in [-0.15, -0.1) is 0 Å². The molecule has 0 saturated carbocycles. The number of anilines is 1. The van der Waals surface area contributed by atoms with Crippen molar-refractivity contribution in [3.8, 4) is 11.5 Å². The minimum atomic E-state index is -3.84. The molecule has 1 heterocycles. The van der Waals surface area contributed by atoms with Crippen LogP contribution in [0.15, 0.2) is 71.6 Å². The highest BCUT2D eigenvalue weighted by molar-refractivity contribution is 7.92. The Kier molecular flexibility index (Phi) is 6.25. The largest absolute Gasteiger partial charge is 0.486 e. The van der Waals surface area contributed by atoms with Gasteiger partial charge in [0.2, 0.25) is 0 Å². The zero-order valence-electron chi connectivity index (χ0n) is 17.2. The molecule has 2 N–H and O–H groups in total. The summed E-state index contributed by atoms with van der Waals surface area (Å²) >= 11 is 6.19. The lowest BCUT2D eigenvalue weighted by atomic mass is 10.1. The van der Waals surface area contributed by atoms with Gasteiger partial charge in [0.25, 0.3) is 15.9 Å². The van der Waals surface area contributed by atoms with Crippen molar-refractivity contribution in [2.24, 2.45) is 0 Å². The third-order valence-corrected chi connectivity index (χ3v) is 6.67.